The first kappa shape index (κ1) is 19.8. The lowest BCUT2D eigenvalue weighted by Crippen LogP contribution is -2.24. The molecule has 0 aliphatic rings. The molecule has 0 saturated heterocycles. The molecular formula is C22H16ClN3O3S. The number of halogens is 1. The number of carbonyl (C=O) groups excluding carboxylic acids is 1. The van der Waals surface area contributed by atoms with Gasteiger partial charge in [0.25, 0.3) is 5.91 Å². The Hall–Kier alpha value is -3.55. The molecule has 6 nitrogen and oxygen atoms in total. The Morgan fingerprint density at radius 3 is 2.47 bits per heavy atom. The van der Waals surface area contributed by atoms with E-state index in [4.69, 9.17) is 11.6 Å². The molecule has 4 aromatic rings. The zero-order valence-electron chi connectivity index (χ0n) is 15.5. The van der Waals surface area contributed by atoms with Crippen molar-refractivity contribution in [3.63, 3.8) is 0 Å². The number of phenolic OH excluding ortho intramolecular Hbond substituents is 2. The summed E-state index contributed by atoms with van der Waals surface area (Å²) in [6.07, 6.45) is 0. The van der Waals surface area contributed by atoms with Crippen molar-refractivity contribution >= 4 is 28.8 Å². The van der Waals surface area contributed by atoms with Crippen LogP contribution in [0.5, 0.6) is 11.5 Å². The van der Waals surface area contributed by atoms with Gasteiger partial charge in [-0.15, -0.1) is 16.4 Å². The number of rotatable bonds is 4. The molecule has 0 fully saturated rings. The van der Waals surface area contributed by atoms with Gasteiger partial charge >= 0.3 is 0 Å². The van der Waals surface area contributed by atoms with Gasteiger partial charge in [-0.3, -0.25) is 9.36 Å². The molecule has 1 aromatic heterocycles. The summed E-state index contributed by atoms with van der Waals surface area (Å²) in [5.41, 5.74) is 5.09. The molecule has 8 heteroatoms. The quantitative estimate of drug-likeness (QED) is 0.324. The lowest BCUT2D eigenvalue weighted by Gasteiger charge is -2.09. The number of hydrogen-bond donors (Lipinski definition) is 3. The van der Waals surface area contributed by atoms with Crippen molar-refractivity contribution in [3.8, 4) is 28.4 Å². The highest BCUT2D eigenvalue weighted by Crippen LogP contribution is 2.24. The Balaban J connectivity index is 1.78. The van der Waals surface area contributed by atoms with Crippen LogP contribution >= 0.6 is 22.9 Å². The second-order valence-corrected chi connectivity index (χ2v) is 7.61. The van der Waals surface area contributed by atoms with E-state index in [1.54, 1.807) is 12.1 Å². The first-order chi connectivity index (χ1) is 14.5. The first-order valence-electron chi connectivity index (χ1n) is 8.91. The number of aromatic nitrogens is 1. The van der Waals surface area contributed by atoms with Crippen LogP contribution in [-0.2, 0) is 0 Å². The Kier molecular flexibility index (Phi) is 5.56. The van der Waals surface area contributed by atoms with E-state index in [0.717, 1.165) is 16.9 Å². The Morgan fingerprint density at radius 2 is 1.73 bits per heavy atom. The van der Waals surface area contributed by atoms with Gasteiger partial charge in [0.15, 0.2) is 0 Å². The van der Waals surface area contributed by atoms with Gasteiger partial charge < -0.3 is 10.2 Å². The van der Waals surface area contributed by atoms with E-state index in [1.807, 2.05) is 52.4 Å². The second kappa shape index (κ2) is 8.44. The van der Waals surface area contributed by atoms with Crippen molar-refractivity contribution in [2.45, 2.75) is 0 Å². The van der Waals surface area contributed by atoms with Crippen LogP contribution in [0.25, 0.3) is 16.9 Å². The van der Waals surface area contributed by atoms with Gasteiger partial charge in [-0.05, 0) is 48.0 Å². The minimum Gasteiger partial charge on any atom is -0.508 e. The number of thiazole rings is 1. The van der Waals surface area contributed by atoms with E-state index in [0.29, 0.717) is 9.82 Å². The van der Waals surface area contributed by atoms with Gasteiger partial charge in [-0.25, -0.2) is 5.43 Å². The Morgan fingerprint density at radius 1 is 1.00 bits per heavy atom. The number of nitrogens with one attached hydrogen (secondary N) is 1. The van der Waals surface area contributed by atoms with Crippen molar-refractivity contribution in [2.24, 2.45) is 5.10 Å². The van der Waals surface area contributed by atoms with Gasteiger partial charge in [-0.2, -0.15) is 0 Å². The highest BCUT2D eigenvalue weighted by atomic mass is 35.5. The number of carbonyl (C=O) groups is 1. The maximum Gasteiger partial charge on any atom is 0.275 e. The molecule has 0 radical (unpaired) electrons. The van der Waals surface area contributed by atoms with Crippen LogP contribution in [0, 0.1) is 0 Å². The van der Waals surface area contributed by atoms with Crippen LogP contribution in [0.2, 0.25) is 5.02 Å². The molecule has 0 aliphatic heterocycles. The van der Waals surface area contributed by atoms with E-state index in [-0.39, 0.29) is 17.1 Å². The molecule has 4 rings (SSSR count). The molecule has 30 heavy (non-hydrogen) atoms. The van der Waals surface area contributed by atoms with Crippen LogP contribution in [0.4, 0.5) is 0 Å². The van der Waals surface area contributed by atoms with Gasteiger partial charge in [0.1, 0.15) is 11.5 Å². The summed E-state index contributed by atoms with van der Waals surface area (Å²) in [7, 11) is 0. The summed E-state index contributed by atoms with van der Waals surface area (Å²) >= 11 is 7.39. The molecule has 1 heterocycles. The molecule has 0 saturated carbocycles. The number of aromatic hydroxyl groups is 2. The van der Waals surface area contributed by atoms with Crippen molar-refractivity contribution in [1.29, 1.82) is 0 Å². The number of phenols is 2. The van der Waals surface area contributed by atoms with Crippen molar-refractivity contribution < 1.29 is 15.0 Å². The van der Waals surface area contributed by atoms with Crippen molar-refractivity contribution in [2.75, 3.05) is 0 Å². The maximum atomic E-state index is 12.5. The van der Waals surface area contributed by atoms with Crippen LogP contribution in [0.1, 0.15) is 10.4 Å². The Bertz CT molecular complexity index is 1270. The predicted octanol–water partition coefficient (Wildman–Crippen LogP) is 4.52. The fourth-order valence-corrected chi connectivity index (χ4v) is 3.90. The zero-order valence-corrected chi connectivity index (χ0v) is 17.1. The number of hydrogen-bond acceptors (Lipinski definition) is 5. The summed E-state index contributed by atoms with van der Waals surface area (Å²) in [6.45, 7) is 0. The van der Waals surface area contributed by atoms with Gasteiger partial charge in [0.05, 0.1) is 11.3 Å². The standard InChI is InChI=1S/C22H16ClN3O3S/c23-15-6-8-16(9-7-15)26-19(14-4-2-1-3-5-14)13-30-22(26)25-24-21(29)18-12-17(27)10-11-20(18)28/h1-13,27-28H,(H,24,29)/b25-22+. The highest BCUT2D eigenvalue weighted by Gasteiger charge is 2.13. The van der Waals surface area contributed by atoms with Gasteiger partial charge in [-0.1, -0.05) is 41.9 Å². The van der Waals surface area contributed by atoms with Crippen molar-refractivity contribution in [3.05, 3.63) is 93.6 Å². The van der Waals surface area contributed by atoms with E-state index in [9.17, 15) is 15.0 Å². The third-order valence-electron chi connectivity index (χ3n) is 4.34. The molecule has 0 atom stereocenters. The number of nitrogens with zero attached hydrogens (tertiary/aromatic N) is 2. The predicted molar refractivity (Wildman–Crippen MR) is 117 cm³/mol. The number of amides is 1. The fourth-order valence-electron chi connectivity index (χ4n) is 2.90. The molecule has 0 unspecified atom stereocenters. The lowest BCUT2D eigenvalue weighted by atomic mass is 10.1. The van der Waals surface area contributed by atoms with Crippen molar-refractivity contribution in [1.82, 2.24) is 9.99 Å². The molecule has 3 aromatic carbocycles. The highest BCUT2D eigenvalue weighted by molar-refractivity contribution is 7.07. The minimum absolute atomic E-state index is 0.0726. The summed E-state index contributed by atoms with van der Waals surface area (Å²) < 4.78 is 1.90. The van der Waals surface area contributed by atoms with E-state index in [2.05, 4.69) is 10.5 Å². The average Bonchev–Trinajstić information content (AvgIpc) is 3.19. The molecule has 3 N–H and O–H groups in total. The maximum absolute atomic E-state index is 12.5. The summed E-state index contributed by atoms with van der Waals surface area (Å²) in [4.78, 5) is 13.0. The SMILES string of the molecule is O=C(N/N=c1/scc(-c2ccccc2)n1-c1ccc(Cl)cc1)c1cc(O)ccc1O. The molecule has 0 aliphatic carbocycles. The van der Waals surface area contributed by atoms with Crippen LogP contribution in [0.3, 0.4) is 0 Å². The third-order valence-corrected chi connectivity index (χ3v) is 5.42. The molecule has 0 bridgehead atoms. The molecular weight excluding hydrogens is 422 g/mol. The first-order valence-corrected chi connectivity index (χ1v) is 10.2. The fraction of sp³-hybridized carbons (Fsp3) is 0. The normalized spacial score (nSPS) is 11.4. The van der Waals surface area contributed by atoms with Crippen LogP contribution < -0.4 is 10.2 Å². The summed E-state index contributed by atoms with van der Waals surface area (Å²) in [6, 6.07) is 20.8. The summed E-state index contributed by atoms with van der Waals surface area (Å²) in [5, 5.41) is 26.3. The summed E-state index contributed by atoms with van der Waals surface area (Å²) in [5.74, 6) is -1.01. The van der Waals surface area contributed by atoms with E-state index < -0.39 is 5.91 Å². The average molecular weight is 438 g/mol. The van der Waals surface area contributed by atoms with Crippen LogP contribution in [-0.4, -0.2) is 20.7 Å². The van der Waals surface area contributed by atoms with Gasteiger partial charge in [0, 0.05) is 16.1 Å². The zero-order chi connectivity index (χ0) is 21.1. The van der Waals surface area contributed by atoms with E-state index in [1.165, 1.54) is 29.5 Å². The molecule has 0 spiro atoms. The topological polar surface area (TPSA) is 86.9 Å². The molecule has 150 valence electrons. The number of benzene rings is 3. The monoisotopic (exact) mass is 437 g/mol. The second-order valence-electron chi connectivity index (χ2n) is 6.34. The Labute approximate surface area is 181 Å². The largest absolute Gasteiger partial charge is 0.508 e. The molecule has 1 amide bonds. The smallest absolute Gasteiger partial charge is 0.275 e. The minimum atomic E-state index is -0.638. The third kappa shape index (κ3) is 4.07. The van der Waals surface area contributed by atoms with Crippen LogP contribution in [0.15, 0.2) is 83.3 Å². The van der Waals surface area contributed by atoms with Gasteiger partial charge in [0.2, 0.25) is 4.80 Å². The van der Waals surface area contributed by atoms with E-state index >= 15 is 0 Å². The lowest BCUT2D eigenvalue weighted by molar-refractivity contribution is 0.0950.